The van der Waals surface area contributed by atoms with Gasteiger partial charge in [-0.1, -0.05) is 37.5 Å². The molecule has 188 valence electrons. The Morgan fingerprint density at radius 2 is 1.94 bits per heavy atom. The van der Waals surface area contributed by atoms with Gasteiger partial charge in [0.15, 0.2) is 6.29 Å². The number of nitrogens with zero attached hydrogens (tertiary/aromatic N) is 3. The van der Waals surface area contributed by atoms with Crippen molar-refractivity contribution in [2.45, 2.75) is 56.8 Å². The normalized spacial score (nSPS) is 15.1. The zero-order chi connectivity index (χ0) is 24.6. The molecule has 1 fully saturated rings. The van der Waals surface area contributed by atoms with Crippen molar-refractivity contribution in [3.05, 3.63) is 42.2 Å². The van der Waals surface area contributed by atoms with Gasteiger partial charge in [-0.25, -0.2) is 0 Å². The van der Waals surface area contributed by atoms with Crippen LogP contribution in [0.3, 0.4) is 0 Å². The fourth-order valence-corrected chi connectivity index (χ4v) is 4.34. The molecule has 1 aromatic heterocycles. The number of carbonyl (C=O) groups excluding carboxylic acids is 1. The summed E-state index contributed by atoms with van der Waals surface area (Å²) >= 11 is 0. The van der Waals surface area contributed by atoms with Crippen molar-refractivity contribution in [1.29, 1.82) is 0 Å². The zero-order valence-corrected chi connectivity index (χ0v) is 20.2. The summed E-state index contributed by atoms with van der Waals surface area (Å²) in [5.41, 5.74) is 1.29. The average Bonchev–Trinajstić information content (AvgIpc) is 3.29. The summed E-state index contributed by atoms with van der Waals surface area (Å²) < 4.78 is 47.1. The molecule has 0 bridgehead atoms. The predicted octanol–water partition coefficient (Wildman–Crippen LogP) is 4.37. The second-order valence-corrected chi connectivity index (χ2v) is 8.73. The molecule has 9 heteroatoms. The molecule has 2 aromatic rings. The molecule has 0 unspecified atom stereocenters. The van der Waals surface area contributed by atoms with Crippen LogP contribution in [0, 0.1) is 0 Å². The van der Waals surface area contributed by atoms with Gasteiger partial charge in [-0.2, -0.15) is 13.9 Å². The number of halogens is 2. The topological polar surface area (TPSA) is 65.8 Å². The SMILES string of the molecule is COC(CN(C(=O)CCOCC(F)(F)c1cccc(-c2cnn(C)c2)c1)C1CCCCC1)OC. The summed E-state index contributed by atoms with van der Waals surface area (Å²) in [7, 11) is 4.84. The van der Waals surface area contributed by atoms with Gasteiger partial charge in [0.2, 0.25) is 5.91 Å². The molecule has 1 amide bonds. The Morgan fingerprint density at radius 1 is 1.21 bits per heavy atom. The van der Waals surface area contributed by atoms with E-state index in [1.165, 1.54) is 26.4 Å². The molecule has 0 radical (unpaired) electrons. The maximum Gasteiger partial charge on any atom is 0.296 e. The highest BCUT2D eigenvalue weighted by Gasteiger charge is 2.33. The van der Waals surface area contributed by atoms with E-state index >= 15 is 0 Å². The monoisotopic (exact) mass is 479 g/mol. The third kappa shape index (κ3) is 7.07. The fourth-order valence-electron chi connectivity index (χ4n) is 4.34. The molecule has 3 rings (SSSR count). The number of aromatic nitrogens is 2. The lowest BCUT2D eigenvalue weighted by Crippen LogP contribution is -2.46. The highest BCUT2D eigenvalue weighted by atomic mass is 19.3. The molecule has 0 atom stereocenters. The van der Waals surface area contributed by atoms with E-state index in [-0.39, 0.29) is 30.5 Å². The first-order valence-electron chi connectivity index (χ1n) is 11.7. The van der Waals surface area contributed by atoms with Crippen LogP contribution in [0.25, 0.3) is 11.1 Å². The number of alkyl halides is 2. The Labute approximate surface area is 200 Å². The number of rotatable bonds is 12. The van der Waals surface area contributed by atoms with Crippen molar-refractivity contribution in [1.82, 2.24) is 14.7 Å². The molecule has 0 spiro atoms. The minimum absolute atomic E-state index is 0.0302. The molecular formula is C25H35F2N3O4. The highest BCUT2D eigenvalue weighted by molar-refractivity contribution is 5.76. The molecule has 0 aliphatic heterocycles. The van der Waals surface area contributed by atoms with Gasteiger partial charge in [0, 0.05) is 44.6 Å². The summed E-state index contributed by atoms with van der Waals surface area (Å²) in [5.74, 6) is -3.31. The van der Waals surface area contributed by atoms with E-state index in [1.54, 1.807) is 41.2 Å². The summed E-state index contributed by atoms with van der Waals surface area (Å²) in [5, 5.41) is 4.09. The van der Waals surface area contributed by atoms with Gasteiger partial charge in [-0.15, -0.1) is 0 Å². The molecule has 34 heavy (non-hydrogen) atoms. The van der Waals surface area contributed by atoms with Gasteiger partial charge in [0.05, 0.1) is 25.8 Å². The smallest absolute Gasteiger partial charge is 0.296 e. The molecule has 1 aliphatic rings. The minimum atomic E-state index is -3.18. The van der Waals surface area contributed by atoms with E-state index in [4.69, 9.17) is 14.2 Å². The number of amides is 1. The van der Waals surface area contributed by atoms with Crippen LogP contribution < -0.4 is 0 Å². The molecule has 0 N–H and O–H groups in total. The van der Waals surface area contributed by atoms with E-state index in [2.05, 4.69) is 5.10 Å². The molecule has 1 aliphatic carbocycles. The van der Waals surface area contributed by atoms with Gasteiger partial charge in [0.25, 0.3) is 5.92 Å². The number of methoxy groups -OCH3 is 2. The number of hydrogen-bond acceptors (Lipinski definition) is 5. The maximum atomic E-state index is 14.8. The first-order chi connectivity index (χ1) is 16.3. The Hall–Kier alpha value is -2.36. The Bertz CT molecular complexity index is 911. The van der Waals surface area contributed by atoms with Gasteiger partial charge >= 0.3 is 0 Å². The Kier molecular flexibility index (Phi) is 9.55. The highest BCUT2D eigenvalue weighted by Crippen LogP contribution is 2.31. The summed E-state index contributed by atoms with van der Waals surface area (Å²) in [6.07, 6.45) is 8.07. The zero-order valence-electron chi connectivity index (χ0n) is 20.2. The standard InChI is InChI=1S/C25H35F2N3O4/c1-29-16-20(15-28-29)19-8-7-9-21(14-19)25(26,27)18-34-13-12-23(31)30(17-24(32-2)33-3)22-10-5-4-6-11-22/h7-9,14-16,22,24H,4-6,10-13,17-18H2,1-3H3. The average molecular weight is 480 g/mol. The van der Waals surface area contributed by atoms with Crippen LogP contribution in [0.15, 0.2) is 36.7 Å². The summed E-state index contributed by atoms with van der Waals surface area (Å²) in [4.78, 5) is 14.7. The lowest BCUT2D eigenvalue weighted by molar-refractivity contribution is -0.152. The van der Waals surface area contributed by atoms with E-state index in [0.717, 1.165) is 37.7 Å². The van der Waals surface area contributed by atoms with E-state index in [0.29, 0.717) is 12.1 Å². The number of aryl methyl sites for hydroxylation is 1. The maximum absolute atomic E-state index is 14.8. The van der Waals surface area contributed by atoms with Crippen molar-refractivity contribution < 1.29 is 27.8 Å². The molecule has 1 aromatic carbocycles. The van der Waals surface area contributed by atoms with Crippen LogP contribution in [-0.4, -0.2) is 66.9 Å². The quantitative estimate of drug-likeness (QED) is 0.334. The van der Waals surface area contributed by atoms with Crippen LogP contribution >= 0.6 is 0 Å². The van der Waals surface area contributed by atoms with Crippen LogP contribution in [-0.2, 0) is 32.0 Å². The van der Waals surface area contributed by atoms with Gasteiger partial charge in [-0.05, 0) is 24.5 Å². The lowest BCUT2D eigenvalue weighted by atomic mass is 9.94. The molecule has 0 saturated heterocycles. The van der Waals surface area contributed by atoms with Crippen LogP contribution in [0.2, 0.25) is 0 Å². The minimum Gasteiger partial charge on any atom is -0.374 e. The van der Waals surface area contributed by atoms with Crippen molar-refractivity contribution in [3.63, 3.8) is 0 Å². The summed E-state index contributed by atoms with van der Waals surface area (Å²) in [6.45, 7) is -0.558. The van der Waals surface area contributed by atoms with E-state index < -0.39 is 18.8 Å². The van der Waals surface area contributed by atoms with Crippen molar-refractivity contribution in [2.24, 2.45) is 7.05 Å². The lowest BCUT2D eigenvalue weighted by Gasteiger charge is -2.36. The fraction of sp³-hybridized carbons (Fsp3) is 0.600. The van der Waals surface area contributed by atoms with Crippen molar-refractivity contribution in [2.75, 3.05) is 34.0 Å². The van der Waals surface area contributed by atoms with Crippen LogP contribution in [0.5, 0.6) is 0 Å². The van der Waals surface area contributed by atoms with E-state index in [9.17, 15) is 13.6 Å². The third-order valence-corrected chi connectivity index (χ3v) is 6.27. The van der Waals surface area contributed by atoms with Crippen LogP contribution in [0.1, 0.15) is 44.1 Å². The third-order valence-electron chi connectivity index (χ3n) is 6.27. The molecule has 1 heterocycles. The largest absolute Gasteiger partial charge is 0.374 e. The molecular weight excluding hydrogens is 444 g/mol. The number of carbonyl (C=O) groups is 1. The second kappa shape index (κ2) is 12.4. The van der Waals surface area contributed by atoms with Crippen molar-refractivity contribution >= 4 is 5.91 Å². The Morgan fingerprint density at radius 3 is 2.59 bits per heavy atom. The molecule has 7 nitrogen and oxygen atoms in total. The van der Waals surface area contributed by atoms with Crippen molar-refractivity contribution in [3.8, 4) is 11.1 Å². The number of ether oxygens (including phenoxy) is 3. The molecule has 1 saturated carbocycles. The second-order valence-electron chi connectivity index (χ2n) is 8.73. The van der Waals surface area contributed by atoms with E-state index in [1.807, 2.05) is 0 Å². The van der Waals surface area contributed by atoms with Gasteiger partial charge < -0.3 is 19.1 Å². The first kappa shape index (κ1) is 26.2. The predicted molar refractivity (Wildman–Crippen MR) is 124 cm³/mol. The number of benzene rings is 1. The number of hydrogen-bond donors (Lipinski definition) is 0. The van der Waals surface area contributed by atoms with Gasteiger partial charge in [0.1, 0.15) is 6.61 Å². The Balaban J connectivity index is 1.55. The first-order valence-corrected chi connectivity index (χ1v) is 11.7. The summed E-state index contributed by atoms with van der Waals surface area (Å²) in [6, 6.07) is 6.31. The van der Waals surface area contributed by atoms with Gasteiger partial charge in [-0.3, -0.25) is 9.48 Å². The van der Waals surface area contributed by atoms with Crippen LogP contribution in [0.4, 0.5) is 8.78 Å².